The van der Waals surface area contributed by atoms with Gasteiger partial charge in [0.15, 0.2) is 5.96 Å². The molecule has 3 rings (SSSR count). The molecule has 2 aliphatic rings. The Hall–Kier alpha value is -2.64. The number of ether oxygens (including phenoxy) is 2. The van der Waals surface area contributed by atoms with Gasteiger partial charge in [0.05, 0.1) is 14.2 Å². The van der Waals surface area contributed by atoms with Crippen molar-refractivity contribution >= 4 is 17.6 Å². The molecule has 166 valence electrons. The number of hydrogen-bond donors (Lipinski definition) is 2. The van der Waals surface area contributed by atoms with Crippen molar-refractivity contribution < 1.29 is 14.3 Å². The monoisotopic (exact) mass is 417 g/mol. The van der Waals surface area contributed by atoms with Crippen molar-refractivity contribution in [3.63, 3.8) is 0 Å². The first-order chi connectivity index (χ1) is 14.6. The maximum Gasteiger partial charge on any atom is 0.222 e. The fraction of sp³-hybridized carbons (Fsp3) is 0.636. The second-order valence-corrected chi connectivity index (χ2v) is 7.75. The molecule has 2 fully saturated rings. The number of benzene rings is 1. The summed E-state index contributed by atoms with van der Waals surface area (Å²) in [6.07, 6.45) is 3.61. The summed E-state index contributed by atoms with van der Waals surface area (Å²) in [6, 6.07) is 6.30. The van der Waals surface area contributed by atoms with Crippen LogP contribution in [0.1, 0.15) is 32.6 Å². The Morgan fingerprint density at radius 3 is 2.60 bits per heavy atom. The van der Waals surface area contributed by atoms with Gasteiger partial charge in [0.25, 0.3) is 0 Å². The number of anilines is 1. The van der Waals surface area contributed by atoms with Gasteiger partial charge in [0, 0.05) is 75.6 Å². The Labute approximate surface area is 179 Å². The molecule has 1 unspecified atom stereocenters. The van der Waals surface area contributed by atoms with Crippen molar-refractivity contribution in [2.24, 2.45) is 4.99 Å². The Kier molecular flexibility index (Phi) is 8.04. The van der Waals surface area contributed by atoms with Gasteiger partial charge in [-0.25, -0.2) is 0 Å². The molecule has 0 aromatic heterocycles. The molecule has 0 bridgehead atoms. The third-order valence-electron chi connectivity index (χ3n) is 5.60. The Morgan fingerprint density at radius 1 is 1.20 bits per heavy atom. The summed E-state index contributed by atoms with van der Waals surface area (Å²) in [7, 11) is 3.34. The molecule has 2 heterocycles. The molecule has 1 amide bonds. The Balaban J connectivity index is 1.52. The number of nitrogens with zero attached hydrogens (tertiary/aromatic N) is 3. The molecule has 2 saturated heterocycles. The molecule has 1 aromatic carbocycles. The van der Waals surface area contributed by atoms with Crippen LogP contribution in [-0.4, -0.2) is 76.3 Å². The number of amides is 1. The molecule has 0 spiro atoms. The number of methoxy groups -OCH3 is 2. The molecule has 2 N–H and O–H groups in total. The summed E-state index contributed by atoms with van der Waals surface area (Å²) in [6.45, 7) is 7.16. The van der Waals surface area contributed by atoms with Crippen molar-refractivity contribution in [1.82, 2.24) is 15.5 Å². The largest absolute Gasteiger partial charge is 0.497 e. The van der Waals surface area contributed by atoms with E-state index in [9.17, 15) is 4.79 Å². The minimum Gasteiger partial charge on any atom is -0.497 e. The number of guanidine groups is 1. The predicted molar refractivity (Wildman–Crippen MR) is 120 cm³/mol. The number of carbonyl (C=O) groups is 1. The second-order valence-electron chi connectivity index (χ2n) is 7.75. The number of nitrogens with one attached hydrogen (secondary N) is 2. The molecule has 0 radical (unpaired) electrons. The van der Waals surface area contributed by atoms with Crippen molar-refractivity contribution in [1.29, 1.82) is 0 Å². The first-order valence-electron chi connectivity index (χ1n) is 10.9. The van der Waals surface area contributed by atoms with Crippen LogP contribution in [0.15, 0.2) is 23.2 Å². The van der Waals surface area contributed by atoms with Crippen LogP contribution in [0.5, 0.6) is 11.5 Å². The zero-order valence-corrected chi connectivity index (χ0v) is 18.4. The highest BCUT2D eigenvalue weighted by atomic mass is 16.5. The number of carbonyl (C=O) groups excluding carboxylic acids is 1. The summed E-state index contributed by atoms with van der Waals surface area (Å²) < 4.78 is 10.8. The van der Waals surface area contributed by atoms with Crippen LogP contribution in [0.2, 0.25) is 0 Å². The molecular formula is C22H35N5O3. The fourth-order valence-electron chi connectivity index (χ4n) is 3.99. The SMILES string of the molecule is CCNC(=NCCCN1CCCC1=O)NC1CCN(c2cc(OC)cc(OC)c2)C1. The first-order valence-corrected chi connectivity index (χ1v) is 10.9. The van der Waals surface area contributed by atoms with Crippen LogP contribution < -0.4 is 25.0 Å². The normalized spacial score (nSPS) is 19.4. The second kappa shape index (κ2) is 10.9. The van der Waals surface area contributed by atoms with Crippen LogP contribution in [0, 0.1) is 0 Å². The van der Waals surface area contributed by atoms with E-state index in [0.29, 0.717) is 19.0 Å². The van der Waals surface area contributed by atoms with Crippen molar-refractivity contribution in [2.45, 2.75) is 38.6 Å². The molecule has 0 saturated carbocycles. The third-order valence-corrected chi connectivity index (χ3v) is 5.60. The molecule has 1 atom stereocenters. The molecule has 30 heavy (non-hydrogen) atoms. The van der Waals surface area contributed by atoms with Gasteiger partial charge < -0.3 is 29.9 Å². The van der Waals surface area contributed by atoms with Gasteiger partial charge in [0.1, 0.15) is 11.5 Å². The maximum atomic E-state index is 11.7. The van der Waals surface area contributed by atoms with Crippen LogP contribution >= 0.6 is 0 Å². The van der Waals surface area contributed by atoms with E-state index in [0.717, 1.165) is 75.1 Å². The van der Waals surface area contributed by atoms with Crippen molar-refractivity contribution in [3.05, 3.63) is 18.2 Å². The van der Waals surface area contributed by atoms with E-state index in [4.69, 9.17) is 14.5 Å². The van der Waals surface area contributed by atoms with Crippen LogP contribution in [0.4, 0.5) is 5.69 Å². The summed E-state index contributed by atoms with van der Waals surface area (Å²) in [4.78, 5) is 20.7. The number of hydrogen-bond acceptors (Lipinski definition) is 5. The van der Waals surface area contributed by atoms with E-state index < -0.39 is 0 Å². The summed E-state index contributed by atoms with van der Waals surface area (Å²) >= 11 is 0. The highest BCUT2D eigenvalue weighted by Crippen LogP contribution is 2.30. The van der Waals surface area contributed by atoms with Gasteiger partial charge in [-0.15, -0.1) is 0 Å². The molecule has 8 nitrogen and oxygen atoms in total. The van der Waals surface area contributed by atoms with Crippen molar-refractivity contribution in [3.8, 4) is 11.5 Å². The average Bonchev–Trinajstić information content (AvgIpc) is 3.39. The van der Waals surface area contributed by atoms with Gasteiger partial charge in [-0.05, 0) is 26.2 Å². The van der Waals surface area contributed by atoms with Crippen LogP contribution in [-0.2, 0) is 4.79 Å². The Bertz CT molecular complexity index is 717. The number of likely N-dealkylation sites (tertiary alicyclic amines) is 1. The van der Waals surface area contributed by atoms with Gasteiger partial charge in [-0.3, -0.25) is 9.79 Å². The average molecular weight is 418 g/mol. The van der Waals surface area contributed by atoms with Crippen LogP contribution in [0.3, 0.4) is 0 Å². The molecular weight excluding hydrogens is 382 g/mol. The van der Waals surface area contributed by atoms with E-state index >= 15 is 0 Å². The minimum atomic E-state index is 0.282. The van der Waals surface area contributed by atoms with Gasteiger partial charge >= 0.3 is 0 Å². The van der Waals surface area contributed by atoms with Gasteiger partial charge in [0.2, 0.25) is 5.91 Å². The lowest BCUT2D eigenvalue weighted by Crippen LogP contribution is -2.44. The number of aliphatic imine (C=N–C) groups is 1. The van der Waals surface area contributed by atoms with Gasteiger partial charge in [-0.1, -0.05) is 0 Å². The molecule has 8 heteroatoms. The summed E-state index contributed by atoms with van der Waals surface area (Å²) in [5.41, 5.74) is 1.10. The van der Waals surface area contributed by atoms with Crippen molar-refractivity contribution in [2.75, 3.05) is 58.4 Å². The summed E-state index contributed by atoms with van der Waals surface area (Å²) in [5, 5.41) is 6.90. The highest BCUT2D eigenvalue weighted by molar-refractivity contribution is 5.80. The zero-order chi connectivity index (χ0) is 21.3. The molecule has 2 aliphatic heterocycles. The summed E-state index contributed by atoms with van der Waals surface area (Å²) in [5.74, 6) is 2.73. The standard InChI is InChI=1S/C22H35N5O3/c1-4-23-22(24-9-6-11-26-10-5-7-21(26)28)25-17-8-12-27(16-17)18-13-19(29-2)15-20(14-18)30-3/h13-15,17H,4-12,16H2,1-3H3,(H2,23,24,25). The maximum absolute atomic E-state index is 11.7. The van der Waals surface area contributed by atoms with E-state index in [1.807, 2.05) is 23.1 Å². The van der Waals surface area contributed by atoms with Gasteiger partial charge in [-0.2, -0.15) is 0 Å². The quantitative estimate of drug-likeness (QED) is 0.363. The fourth-order valence-corrected chi connectivity index (χ4v) is 3.99. The first kappa shape index (κ1) is 22.1. The smallest absolute Gasteiger partial charge is 0.222 e. The third kappa shape index (κ3) is 5.93. The van der Waals surface area contributed by atoms with E-state index in [1.165, 1.54) is 0 Å². The van der Waals surface area contributed by atoms with Crippen LogP contribution in [0.25, 0.3) is 0 Å². The lowest BCUT2D eigenvalue weighted by molar-refractivity contribution is -0.127. The lowest BCUT2D eigenvalue weighted by Gasteiger charge is -2.21. The minimum absolute atomic E-state index is 0.282. The van der Waals surface area contributed by atoms with E-state index in [-0.39, 0.29) is 5.91 Å². The molecule has 1 aromatic rings. The Morgan fingerprint density at radius 2 is 1.97 bits per heavy atom. The van der Waals surface area contributed by atoms with E-state index in [2.05, 4.69) is 22.5 Å². The number of rotatable bonds is 9. The predicted octanol–water partition coefficient (Wildman–Crippen LogP) is 1.85. The zero-order valence-electron chi connectivity index (χ0n) is 18.4. The topological polar surface area (TPSA) is 78.4 Å². The van der Waals surface area contributed by atoms with E-state index in [1.54, 1.807) is 14.2 Å². The molecule has 0 aliphatic carbocycles. The lowest BCUT2D eigenvalue weighted by atomic mass is 10.2. The highest BCUT2D eigenvalue weighted by Gasteiger charge is 2.24.